The second-order valence-electron chi connectivity index (χ2n) is 4.15. The van der Waals surface area contributed by atoms with E-state index in [9.17, 15) is 4.39 Å². The van der Waals surface area contributed by atoms with E-state index < -0.39 is 0 Å². The van der Waals surface area contributed by atoms with E-state index >= 15 is 0 Å². The van der Waals surface area contributed by atoms with Gasteiger partial charge in [-0.3, -0.25) is 4.98 Å². The Kier molecular flexibility index (Phi) is 2.60. The van der Waals surface area contributed by atoms with Gasteiger partial charge in [-0.1, -0.05) is 13.8 Å². The first-order valence-corrected chi connectivity index (χ1v) is 5.74. The lowest BCUT2D eigenvalue weighted by molar-refractivity contribution is 0.604. The monoisotopic (exact) mass is 257 g/mol. The Morgan fingerprint density at radius 2 is 2.14 bits per heavy atom. The first-order chi connectivity index (χ1) is 6.61. The zero-order valence-electron chi connectivity index (χ0n) is 8.35. The van der Waals surface area contributed by atoms with Gasteiger partial charge in [-0.2, -0.15) is 0 Å². The molecule has 0 aliphatic heterocycles. The highest BCUT2D eigenvalue weighted by Crippen LogP contribution is 2.44. The van der Waals surface area contributed by atoms with E-state index in [1.807, 2.05) is 0 Å². The molecule has 1 aliphatic rings. The topological polar surface area (TPSA) is 12.9 Å². The van der Waals surface area contributed by atoms with Crippen LogP contribution in [0, 0.1) is 5.82 Å². The minimum Gasteiger partial charge on any atom is -0.258 e. The summed E-state index contributed by atoms with van der Waals surface area (Å²) in [5.41, 5.74) is 2.14. The fourth-order valence-electron chi connectivity index (χ4n) is 1.72. The van der Waals surface area contributed by atoms with Gasteiger partial charge >= 0.3 is 0 Å². The highest BCUT2D eigenvalue weighted by Gasteiger charge is 2.30. The van der Waals surface area contributed by atoms with E-state index in [2.05, 4.69) is 34.8 Å². The van der Waals surface area contributed by atoms with Crippen LogP contribution in [0.3, 0.4) is 0 Å². The molecule has 2 rings (SSSR count). The number of hydrogen-bond donors (Lipinski definition) is 0. The number of halogens is 2. The summed E-state index contributed by atoms with van der Waals surface area (Å²) in [5.74, 6) is 0.644. The Bertz CT molecular complexity index is 359. The zero-order valence-corrected chi connectivity index (χ0v) is 9.94. The van der Waals surface area contributed by atoms with E-state index in [1.54, 1.807) is 0 Å². The molecule has 0 N–H and O–H groups in total. The molecule has 0 spiro atoms. The smallest absolute Gasteiger partial charge is 0.155 e. The minimum atomic E-state index is -0.252. The number of nitrogens with zero attached hydrogens (tertiary/aromatic N) is 1. The van der Waals surface area contributed by atoms with Gasteiger partial charge in [0.2, 0.25) is 0 Å². The maximum atomic E-state index is 13.3. The zero-order chi connectivity index (χ0) is 10.3. The van der Waals surface area contributed by atoms with Crippen molar-refractivity contribution in [2.45, 2.75) is 38.5 Å². The molecule has 0 unspecified atom stereocenters. The second-order valence-corrected chi connectivity index (χ2v) is 4.94. The summed E-state index contributed by atoms with van der Waals surface area (Å²) >= 11 is 3.31. The molecule has 76 valence electrons. The summed E-state index contributed by atoms with van der Waals surface area (Å²) < 4.78 is 13.9. The van der Waals surface area contributed by atoms with Gasteiger partial charge in [-0.15, -0.1) is 0 Å². The summed E-state index contributed by atoms with van der Waals surface area (Å²) in [6, 6.07) is 0. The third kappa shape index (κ3) is 1.70. The predicted octanol–water partition coefficient (Wildman–Crippen LogP) is 3.98. The fourth-order valence-corrected chi connectivity index (χ4v) is 2.49. The third-order valence-corrected chi connectivity index (χ3v) is 3.39. The molecule has 1 saturated carbocycles. The fraction of sp³-hybridized carbons (Fsp3) is 0.545. The van der Waals surface area contributed by atoms with Crippen molar-refractivity contribution in [1.82, 2.24) is 4.98 Å². The molecule has 1 aliphatic carbocycles. The molecule has 14 heavy (non-hydrogen) atoms. The van der Waals surface area contributed by atoms with Crippen LogP contribution < -0.4 is 0 Å². The summed E-state index contributed by atoms with van der Waals surface area (Å²) in [6.45, 7) is 4.15. The van der Waals surface area contributed by atoms with Crippen molar-refractivity contribution < 1.29 is 4.39 Å². The maximum Gasteiger partial charge on any atom is 0.155 e. The summed E-state index contributed by atoms with van der Waals surface area (Å²) in [7, 11) is 0. The molecule has 0 aromatic carbocycles. The van der Waals surface area contributed by atoms with Gasteiger partial charge in [0.25, 0.3) is 0 Å². The van der Waals surface area contributed by atoms with Crippen molar-refractivity contribution in [1.29, 1.82) is 0 Å². The Balaban J connectivity index is 2.53. The van der Waals surface area contributed by atoms with Crippen LogP contribution in [0.5, 0.6) is 0 Å². The predicted molar refractivity (Wildman–Crippen MR) is 58.0 cm³/mol. The maximum absolute atomic E-state index is 13.3. The average molecular weight is 258 g/mol. The lowest BCUT2D eigenvalue weighted by Crippen LogP contribution is -2.01. The van der Waals surface area contributed by atoms with Gasteiger partial charge in [0.1, 0.15) is 0 Å². The van der Waals surface area contributed by atoms with Crippen LogP contribution in [-0.4, -0.2) is 4.98 Å². The molecule has 1 aromatic heterocycles. The molecule has 3 heteroatoms. The van der Waals surface area contributed by atoms with Crippen molar-refractivity contribution in [3.8, 4) is 0 Å². The minimum absolute atomic E-state index is 0.252. The van der Waals surface area contributed by atoms with Crippen LogP contribution in [-0.2, 0) is 0 Å². The summed E-state index contributed by atoms with van der Waals surface area (Å²) in [4.78, 5) is 4.22. The number of rotatable bonds is 2. The normalized spacial score (nSPS) is 16.4. The lowest BCUT2D eigenvalue weighted by Gasteiger charge is -2.13. The van der Waals surface area contributed by atoms with Crippen LogP contribution in [0.15, 0.2) is 10.7 Å². The molecule has 0 amide bonds. The van der Waals surface area contributed by atoms with Crippen LogP contribution in [0.25, 0.3) is 0 Å². The Morgan fingerprint density at radius 1 is 1.50 bits per heavy atom. The number of pyridine rings is 1. The largest absolute Gasteiger partial charge is 0.258 e. The van der Waals surface area contributed by atoms with Gasteiger partial charge in [0, 0.05) is 11.6 Å². The van der Waals surface area contributed by atoms with E-state index in [-0.39, 0.29) is 5.82 Å². The van der Waals surface area contributed by atoms with Crippen molar-refractivity contribution in [2.75, 3.05) is 0 Å². The Hall–Kier alpha value is -0.440. The molecule has 1 aromatic rings. The Morgan fingerprint density at radius 3 is 2.64 bits per heavy atom. The number of hydrogen-bond acceptors (Lipinski definition) is 1. The van der Waals surface area contributed by atoms with Crippen LogP contribution in [0.2, 0.25) is 0 Å². The second kappa shape index (κ2) is 3.61. The average Bonchev–Trinajstić information content (AvgIpc) is 2.91. The highest BCUT2D eigenvalue weighted by atomic mass is 79.9. The van der Waals surface area contributed by atoms with Crippen molar-refractivity contribution in [2.24, 2.45) is 0 Å². The van der Waals surface area contributed by atoms with E-state index in [1.165, 1.54) is 19.0 Å². The summed E-state index contributed by atoms with van der Waals surface area (Å²) in [5, 5.41) is 0. The van der Waals surface area contributed by atoms with Gasteiger partial charge in [0.05, 0.1) is 10.7 Å². The van der Waals surface area contributed by atoms with Gasteiger partial charge in [0.15, 0.2) is 5.82 Å². The summed E-state index contributed by atoms with van der Waals surface area (Å²) in [6.07, 6.45) is 3.72. The molecule has 0 bridgehead atoms. The molecular formula is C11H13BrFN. The first kappa shape index (κ1) is 10.1. The lowest BCUT2D eigenvalue weighted by atomic mass is 9.99. The Labute approximate surface area is 91.9 Å². The van der Waals surface area contributed by atoms with E-state index in [0.717, 1.165) is 11.3 Å². The molecule has 0 saturated heterocycles. The molecule has 1 heterocycles. The van der Waals surface area contributed by atoms with Crippen LogP contribution in [0.4, 0.5) is 4.39 Å². The van der Waals surface area contributed by atoms with Crippen molar-refractivity contribution in [3.63, 3.8) is 0 Å². The van der Waals surface area contributed by atoms with Gasteiger partial charge in [-0.05, 0) is 40.3 Å². The standard InChI is InChI=1S/C11H13BrFN/c1-6(2)9-10(12)8(13)5-14-11(9)7-3-4-7/h5-7H,3-4H2,1-2H3. The molecular weight excluding hydrogens is 245 g/mol. The van der Waals surface area contributed by atoms with E-state index in [0.29, 0.717) is 16.3 Å². The van der Waals surface area contributed by atoms with Crippen molar-refractivity contribution >= 4 is 15.9 Å². The first-order valence-electron chi connectivity index (χ1n) is 4.95. The molecule has 0 radical (unpaired) electrons. The van der Waals surface area contributed by atoms with Crippen LogP contribution in [0.1, 0.15) is 49.8 Å². The van der Waals surface area contributed by atoms with Gasteiger partial charge < -0.3 is 0 Å². The van der Waals surface area contributed by atoms with Crippen LogP contribution >= 0.6 is 15.9 Å². The SMILES string of the molecule is CC(C)c1c(C2CC2)ncc(F)c1Br. The number of aromatic nitrogens is 1. The highest BCUT2D eigenvalue weighted by molar-refractivity contribution is 9.10. The molecule has 0 atom stereocenters. The van der Waals surface area contributed by atoms with Crippen molar-refractivity contribution in [3.05, 3.63) is 27.7 Å². The van der Waals surface area contributed by atoms with Gasteiger partial charge in [-0.25, -0.2) is 4.39 Å². The molecule has 1 nitrogen and oxygen atoms in total. The molecule has 1 fully saturated rings. The quantitative estimate of drug-likeness (QED) is 0.781. The van der Waals surface area contributed by atoms with E-state index in [4.69, 9.17) is 0 Å². The third-order valence-electron chi connectivity index (χ3n) is 2.58.